The van der Waals surface area contributed by atoms with Gasteiger partial charge in [0.25, 0.3) is 5.69 Å². The van der Waals surface area contributed by atoms with Crippen LogP contribution in [0.5, 0.6) is 0 Å². The molecule has 0 radical (unpaired) electrons. The van der Waals surface area contributed by atoms with E-state index in [-0.39, 0.29) is 24.5 Å². The molecule has 9 heteroatoms. The van der Waals surface area contributed by atoms with Crippen LogP contribution in [0.15, 0.2) is 23.1 Å². The molecule has 0 heterocycles. The number of nitro groups is 1. The number of non-ortho nitro benzene ring substituents is 1. The molecule has 0 aliphatic carbocycles. The molecule has 0 amide bonds. The van der Waals surface area contributed by atoms with Crippen LogP contribution in [0, 0.1) is 10.1 Å². The number of nitro benzene ring substituents is 1. The molecule has 0 atom stereocenters. The summed E-state index contributed by atoms with van der Waals surface area (Å²) in [6, 6.07) is 2.52. The van der Waals surface area contributed by atoms with E-state index in [0.29, 0.717) is 0 Å². The van der Waals surface area contributed by atoms with Gasteiger partial charge in [-0.1, -0.05) is 11.6 Å². The molecule has 0 N–H and O–H groups in total. The van der Waals surface area contributed by atoms with E-state index < -0.39 is 25.0 Å². The van der Waals surface area contributed by atoms with Crippen molar-refractivity contribution in [2.45, 2.75) is 4.90 Å². The van der Waals surface area contributed by atoms with Crippen molar-refractivity contribution in [1.82, 2.24) is 0 Å². The van der Waals surface area contributed by atoms with E-state index >= 15 is 0 Å². The Morgan fingerprint density at radius 3 is 2.20 bits per heavy atom. The summed E-state index contributed by atoms with van der Waals surface area (Å²) >= 11 is 5.37. The van der Waals surface area contributed by atoms with Crippen molar-refractivity contribution in [3.63, 3.8) is 0 Å². The molecule has 0 bridgehead atoms. The van der Waals surface area contributed by atoms with Crippen LogP contribution < -0.4 is 18.9 Å². The summed E-state index contributed by atoms with van der Waals surface area (Å²) in [7, 11) is -4.68. The zero-order valence-electron chi connectivity index (χ0n) is 7.51. The minimum atomic E-state index is -4.68. The minimum absolute atomic E-state index is 0. The second-order valence-electron chi connectivity index (χ2n) is 2.33. The molecule has 1 rings (SSSR count). The smallest absolute Gasteiger partial charge is 0.744 e. The van der Waals surface area contributed by atoms with Crippen molar-refractivity contribution >= 4 is 27.4 Å². The summed E-state index contributed by atoms with van der Waals surface area (Å²) in [5.74, 6) is 0. The Bertz CT molecular complexity index is 488. The molecule has 1 aromatic carbocycles. The van der Waals surface area contributed by atoms with Crippen LogP contribution >= 0.6 is 11.6 Å². The quantitative estimate of drug-likeness (QED) is 0.263. The number of hydrogen-bond acceptors (Lipinski definition) is 5. The predicted molar refractivity (Wildman–Crippen MR) is 46.1 cm³/mol. The maximum atomic E-state index is 10.5. The molecule has 1 aromatic rings. The van der Waals surface area contributed by atoms with Gasteiger partial charge in [0.1, 0.15) is 10.1 Å². The maximum Gasteiger partial charge on any atom is 1.00 e. The minimum Gasteiger partial charge on any atom is -0.744 e. The predicted octanol–water partition coefficient (Wildman–Crippen LogP) is -1.84. The summed E-state index contributed by atoms with van der Waals surface area (Å²) in [4.78, 5) is 8.83. The second kappa shape index (κ2) is 4.96. The fraction of sp³-hybridized carbons (Fsp3) is 0. The molecule has 0 saturated heterocycles. The average Bonchev–Trinajstić information content (AvgIpc) is 2.01. The third-order valence-electron chi connectivity index (χ3n) is 1.40. The second-order valence-corrected chi connectivity index (χ2v) is 4.08. The van der Waals surface area contributed by atoms with Gasteiger partial charge >= 0.3 is 18.9 Å². The van der Waals surface area contributed by atoms with Crippen LogP contribution in [-0.4, -0.2) is 17.9 Å². The molecule has 15 heavy (non-hydrogen) atoms. The number of hydrogen-bond donors (Lipinski definition) is 0. The molecule has 0 unspecified atom stereocenters. The van der Waals surface area contributed by atoms with E-state index in [9.17, 15) is 23.1 Å². The SMILES string of the molecule is O=[N+]([O-])c1ccc(S(=O)(=O)[O-])c(Cl)c1.[Li+]. The van der Waals surface area contributed by atoms with Crippen LogP contribution in [0.4, 0.5) is 5.69 Å². The van der Waals surface area contributed by atoms with Gasteiger partial charge in [0.15, 0.2) is 0 Å². The molecule has 0 aliphatic rings. The van der Waals surface area contributed by atoms with E-state index in [1.54, 1.807) is 0 Å². The summed E-state index contributed by atoms with van der Waals surface area (Å²) in [6.07, 6.45) is 0. The average molecular weight is 244 g/mol. The normalized spacial score (nSPS) is 10.5. The molecule has 0 aliphatic heterocycles. The topological polar surface area (TPSA) is 100 Å². The first kappa shape index (κ1) is 14.4. The number of halogens is 1. The van der Waals surface area contributed by atoms with Crippen LogP contribution in [0.1, 0.15) is 0 Å². The van der Waals surface area contributed by atoms with Gasteiger partial charge in [-0.2, -0.15) is 0 Å². The van der Waals surface area contributed by atoms with Crippen molar-refractivity contribution in [2.75, 3.05) is 0 Å². The van der Waals surface area contributed by atoms with Gasteiger partial charge in [-0.15, -0.1) is 0 Å². The molecule has 6 nitrogen and oxygen atoms in total. The number of rotatable bonds is 2. The van der Waals surface area contributed by atoms with Crippen molar-refractivity contribution < 1.29 is 36.8 Å². The molecular formula is C6H3ClLiNO5S. The molecule has 0 spiro atoms. The Balaban J connectivity index is 0.00000196. The Hall–Kier alpha value is -0.583. The van der Waals surface area contributed by atoms with Crippen molar-refractivity contribution in [2.24, 2.45) is 0 Å². The Morgan fingerprint density at radius 2 is 1.87 bits per heavy atom. The van der Waals surface area contributed by atoms with Crippen LogP contribution in [0.25, 0.3) is 0 Å². The fourth-order valence-corrected chi connectivity index (χ4v) is 1.80. The number of benzene rings is 1. The van der Waals surface area contributed by atoms with E-state index in [0.717, 1.165) is 18.2 Å². The van der Waals surface area contributed by atoms with Crippen molar-refractivity contribution in [3.8, 4) is 0 Å². The monoisotopic (exact) mass is 243 g/mol. The summed E-state index contributed by atoms with van der Waals surface area (Å²) in [5, 5.41) is 9.78. The van der Waals surface area contributed by atoms with Crippen LogP contribution in [-0.2, 0) is 10.1 Å². The first-order valence-electron chi connectivity index (χ1n) is 3.22. The summed E-state index contributed by atoms with van der Waals surface area (Å²) in [5.41, 5.74) is -0.373. The first-order chi connectivity index (χ1) is 6.32. The van der Waals surface area contributed by atoms with Crippen molar-refractivity contribution in [3.05, 3.63) is 33.3 Å². The third-order valence-corrected chi connectivity index (χ3v) is 2.72. The summed E-state index contributed by atoms with van der Waals surface area (Å²) < 4.78 is 31.6. The van der Waals surface area contributed by atoms with Gasteiger partial charge in [-0.3, -0.25) is 10.1 Å². The maximum absolute atomic E-state index is 10.5. The third kappa shape index (κ3) is 3.48. The number of nitrogens with zero attached hydrogens (tertiary/aromatic N) is 1. The standard InChI is InChI=1S/C6H4ClNO5S.Li/c7-5-3-4(8(9)10)1-2-6(5)14(11,12)13;/h1-3H,(H,11,12,13);/q;+1/p-1. The molecule has 0 aromatic heterocycles. The Labute approximate surface area is 102 Å². The Kier molecular flexibility index (Phi) is 4.77. The molecule has 0 fully saturated rings. The van der Waals surface area contributed by atoms with E-state index in [2.05, 4.69) is 0 Å². The van der Waals surface area contributed by atoms with Gasteiger partial charge in [0.2, 0.25) is 0 Å². The molecule has 0 saturated carbocycles. The van der Waals surface area contributed by atoms with E-state index in [4.69, 9.17) is 11.6 Å². The van der Waals surface area contributed by atoms with Gasteiger partial charge in [-0.05, 0) is 6.07 Å². The van der Waals surface area contributed by atoms with E-state index in [1.165, 1.54) is 0 Å². The zero-order chi connectivity index (χ0) is 10.9. The van der Waals surface area contributed by atoms with Gasteiger partial charge in [0, 0.05) is 12.1 Å². The van der Waals surface area contributed by atoms with E-state index in [1.807, 2.05) is 0 Å². The van der Waals surface area contributed by atoms with Crippen LogP contribution in [0.3, 0.4) is 0 Å². The molecular weight excluding hydrogens is 241 g/mol. The zero-order valence-corrected chi connectivity index (χ0v) is 9.08. The van der Waals surface area contributed by atoms with Gasteiger partial charge in [0.05, 0.1) is 14.8 Å². The van der Waals surface area contributed by atoms with Crippen LogP contribution in [0.2, 0.25) is 5.02 Å². The van der Waals surface area contributed by atoms with Gasteiger partial charge in [-0.25, -0.2) is 8.42 Å². The molecule has 76 valence electrons. The Morgan fingerprint density at radius 1 is 1.33 bits per heavy atom. The fourth-order valence-electron chi connectivity index (χ4n) is 0.806. The first-order valence-corrected chi connectivity index (χ1v) is 5.01. The van der Waals surface area contributed by atoms with Gasteiger partial charge < -0.3 is 4.55 Å². The largest absolute Gasteiger partial charge is 1.00 e. The summed E-state index contributed by atoms with van der Waals surface area (Å²) in [6.45, 7) is 0. The van der Waals surface area contributed by atoms with Crippen molar-refractivity contribution in [1.29, 1.82) is 0 Å².